The highest BCUT2D eigenvalue weighted by atomic mass is 16.2. The van der Waals surface area contributed by atoms with E-state index in [0.717, 1.165) is 36.1 Å². The summed E-state index contributed by atoms with van der Waals surface area (Å²) in [5.74, 6) is -0.660. The van der Waals surface area contributed by atoms with Crippen LogP contribution in [0.25, 0.3) is 0 Å². The molecule has 0 unspecified atom stereocenters. The number of carbonyl (C=O) groups excluding carboxylic acids is 3. The zero-order chi connectivity index (χ0) is 19.9. The van der Waals surface area contributed by atoms with Crippen LogP contribution < -0.4 is 10.6 Å². The van der Waals surface area contributed by atoms with Gasteiger partial charge in [0.1, 0.15) is 12.1 Å². The van der Waals surface area contributed by atoms with Crippen LogP contribution in [-0.2, 0) is 9.59 Å². The third-order valence-corrected chi connectivity index (χ3v) is 5.10. The van der Waals surface area contributed by atoms with Crippen molar-refractivity contribution in [2.45, 2.75) is 70.9 Å². The maximum absolute atomic E-state index is 12.7. The fraction of sp³-hybridized carbons (Fsp3) is 0.571. The van der Waals surface area contributed by atoms with Crippen molar-refractivity contribution in [3.05, 3.63) is 35.9 Å². The van der Waals surface area contributed by atoms with E-state index in [1.807, 2.05) is 37.3 Å². The van der Waals surface area contributed by atoms with Gasteiger partial charge in [-0.05, 0) is 25.8 Å². The monoisotopic (exact) mass is 373 g/mol. The first kappa shape index (κ1) is 20.9. The Kier molecular flexibility index (Phi) is 7.39. The Hall–Kier alpha value is -2.37. The molecule has 6 nitrogen and oxygen atoms in total. The summed E-state index contributed by atoms with van der Waals surface area (Å²) in [5.41, 5.74) is 0.0641. The van der Waals surface area contributed by atoms with Crippen molar-refractivity contribution < 1.29 is 14.4 Å². The van der Waals surface area contributed by atoms with Crippen LogP contribution in [0.3, 0.4) is 0 Å². The molecule has 148 valence electrons. The van der Waals surface area contributed by atoms with E-state index >= 15 is 0 Å². The van der Waals surface area contributed by atoms with Gasteiger partial charge in [-0.2, -0.15) is 0 Å². The molecule has 2 atom stereocenters. The van der Waals surface area contributed by atoms with Crippen LogP contribution in [0.5, 0.6) is 0 Å². The first-order chi connectivity index (χ1) is 12.9. The average Bonchev–Trinajstić information content (AvgIpc) is 2.85. The third kappa shape index (κ3) is 5.55. The molecule has 27 heavy (non-hydrogen) atoms. The second-order valence-electron chi connectivity index (χ2n) is 7.52. The predicted octanol–water partition coefficient (Wildman–Crippen LogP) is 3.53. The Labute approximate surface area is 161 Å². The second kappa shape index (κ2) is 9.53. The molecule has 1 heterocycles. The number of benzene rings is 1. The van der Waals surface area contributed by atoms with Crippen molar-refractivity contribution in [2.75, 3.05) is 6.54 Å². The Bertz CT molecular complexity index is 662. The molecule has 1 aromatic rings. The fourth-order valence-corrected chi connectivity index (χ4v) is 3.40. The minimum absolute atomic E-state index is 0.190. The number of imide groups is 1. The predicted molar refractivity (Wildman–Crippen MR) is 105 cm³/mol. The van der Waals surface area contributed by atoms with Crippen molar-refractivity contribution in [1.29, 1.82) is 0 Å². The minimum Gasteiger partial charge on any atom is -0.348 e. The number of hydrogen-bond acceptors (Lipinski definition) is 3. The topological polar surface area (TPSA) is 78.5 Å². The van der Waals surface area contributed by atoms with E-state index in [0.29, 0.717) is 6.42 Å². The van der Waals surface area contributed by atoms with E-state index in [-0.39, 0.29) is 24.4 Å². The van der Waals surface area contributed by atoms with E-state index in [4.69, 9.17) is 0 Å². The number of nitrogens with zero attached hydrogens (tertiary/aromatic N) is 1. The molecule has 0 aromatic heterocycles. The molecule has 0 saturated carbocycles. The lowest BCUT2D eigenvalue weighted by atomic mass is 9.94. The molecule has 2 N–H and O–H groups in total. The van der Waals surface area contributed by atoms with E-state index in [1.165, 1.54) is 6.42 Å². The zero-order valence-electron chi connectivity index (χ0n) is 16.6. The quantitative estimate of drug-likeness (QED) is 0.486. The van der Waals surface area contributed by atoms with E-state index in [2.05, 4.69) is 17.6 Å². The van der Waals surface area contributed by atoms with Gasteiger partial charge in [-0.1, -0.05) is 69.4 Å². The van der Waals surface area contributed by atoms with Crippen molar-refractivity contribution in [2.24, 2.45) is 0 Å². The average molecular weight is 373 g/mol. The molecular formula is C21H31N3O3. The number of unbranched alkanes of at least 4 members (excludes halogenated alkanes) is 4. The van der Waals surface area contributed by atoms with Crippen molar-refractivity contribution in [3.8, 4) is 0 Å². The van der Waals surface area contributed by atoms with Crippen LogP contribution in [0.1, 0.15) is 70.9 Å². The van der Waals surface area contributed by atoms with Gasteiger partial charge in [0.05, 0.1) is 6.04 Å². The summed E-state index contributed by atoms with van der Waals surface area (Å²) >= 11 is 0. The van der Waals surface area contributed by atoms with Gasteiger partial charge >= 0.3 is 6.03 Å². The number of hydrogen-bond donors (Lipinski definition) is 2. The smallest absolute Gasteiger partial charge is 0.325 e. The number of urea groups is 1. The number of rotatable bonds is 10. The van der Waals surface area contributed by atoms with E-state index < -0.39 is 11.6 Å². The SMILES string of the molecule is CCCCCCC[C@@]1(C)NC(=O)N(CC(=O)N[C@H](C)c2ccccc2)C1=O. The van der Waals surface area contributed by atoms with Gasteiger partial charge in [-0.3, -0.25) is 14.5 Å². The Morgan fingerprint density at radius 3 is 2.48 bits per heavy atom. The lowest BCUT2D eigenvalue weighted by Gasteiger charge is -2.22. The zero-order valence-corrected chi connectivity index (χ0v) is 16.6. The number of amides is 4. The van der Waals surface area contributed by atoms with Crippen molar-refractivity contribution in [3.63, 3.8) is 0 Å². The van der Waals surface area contributed by atoms with E-state index in [1.54, 1.807) is 6.92 Å². The van der Waals surface area contributed by atoms with Gasteiger partial charge in [0.2, 0.25) is 5.91 Å². The van der Waals surface area contributed by atoms with E-state index in [9.17, 15) is 14.4 Å². The van der Waals surface area contributed by atoms with Gasteiger partial charge in [0, 0.05) is 0 Å². The lowest BCUT2D eigenvalue weighted by Crippen LogP contribution is -2.45. The molecule has 0 spiro atoms. The molecule has 1 saturated heterocycles. The molecule has 1 aliphatic heterocycles. The summed E-state index contributed by atoms with van der Waals surface area (Å²) in [6.07, 6.45) is 6.01. The third-order valence-electron chi connectivity index (χ3n) is 5.10. The number of nitrogens with one attached hydrogen (secondary N) is 2. The van der Waals surface area contributed by atoms with Crippen molar-refractivity contribution >= 4 is 17.8 Å². The molecule has 2 rings (SSSR count). The maximum Gasteiger partial charge on any atom is 0.325 e. The van der Waals surface area contributed by atoms with Crippen LogP contribution in [0.15, 0.2) is 30.3 Å². The van der Waals surface area contributed by atoms with Gasteiger partial charge < -0.3 is 10.6 Å². The molecule has 0 bridgehead atoms. The molecule has 1 aliphatic rings. The Morgan fingerprint density at radius 2 is 1.81 bits per heavy atom. The summed E-state index contributed by atoms with van der Waals surface area (Å²) < 4.78 is 0. The highest BCUT2D eigenvalue weighted by molar-refractivity contribution is 6.08. The summed E-state index contributed by atoms with van der Waals surface area (Å²) in [4.78, 5) is 38.3. The molecule has 1 aromatic carbocycles. The molecule has 6 heteroatoms. The molecule has 0 radical (unpaired) electrons. The van der Waals surface area contributed by atoms with Crippen LogP contribution in [-0.4, -0.2) is 34.8 Å². The normalized spacial score (nSPS) is 20.5. The largest absolute Gasteiger partial charge is 0.348 e. The summed E-state index contributed by atoms with van der Waals surface area (Å²) in [5, 5.41) is 5.61. The fourth-order valence-electron chi connectivity index (χ4n) is 3.40. The van der Waals surface area contributed by atoms with Crippen molar-refractivity contribution in [1.82, 2.24) is 15.5 Å². The lowest BCUT2D eigenvalue weighted by molar-refractivity contribution is -0.135. The first-order valence-corrected chi connectivity index (χ1v) is 9.86. The molecular weight excluding hydrogens is 342 g/mol. The second-order valence-corrected chi connectivity index (χ2v) is 7.52. The van der Waals surface area contributed by atoms with Crippen LogP contribution in [0.4, 0.5) is 4.79 Å². The van der Waals surface area contributed by atoms with Crippen LogP contribution in [0, 0.1) is 0 Å². The molecule has 0 aliphatic carbocycles. The Balaban J connectivity index is 1.87. The van der Waals surface area contributed by atoms with Gasteiger partial charge in [0.25, 0.3) is 5.91 Å². The highest BCUT2D eigenvalue weighted by Gasteiger charge is 2.47. The summed E-state index contributed by atoms with van der Waals surface area (Å²) in [6.45, 7) is 5.52. The maximum atomic E-state index is 12.7. The molecule has 4 amide bonds. The van der Waals surface area contributed by atoms with Crippen LogP contribution >= 0.6 is 0 Å². The Morgan fingerprint density at radius 1 is 1.15 bits per heavy atom. The standard InChI is InChI=1S/C21H31N3O3/c1-4-5-6-7-11-14-21(3)19(26)24(20(27)23-21)15-18(25)22-16(2)17-12-9-8-10-13-17/h8-10,12-13,16H,4-7,11,14-15H2,1-3H3,(H,22,25)(H,23,27)/t16-,21-/m1/s1. The van der Waals surface area contributed by atoms with Gasteiger partial charge in [0.15, 0.2) is 0 Å². The summed E-state index contributed by atoms with van der Waals surface area (Å²) in [7, 11) is 0. The molecule has 1 fully saturated rings. The minimum atomic E-state index is -0.908. The summed E-state index contributed by atoms with van der Waals surface area (Å²) in [6, 6.07) is 8.89. The first-order valence-electron chi connectivity index (χ1n) is 9.86. The van der Waals surface area contributed by atoms with Gasteiger partial charge in [-0.25, -0.2) is 4.79 Å². The van der Waals surface area contributed by atoms with Crippen LogP contribution in [0.2, 0.25) is 0 Å². The number of carbonyl (C=O) groups is 3. The van der Waals surface area contributed by atoms with Gasteiger partial charge in [-0.15, -0.1) is 0 Å². The highest BCUT2D eigenvalue weighted by Crippen LogP contribution is 2.24.